The van der Waals surface area contributed by atoms with Crippen LogP contribution in [0, 0.1) is 0 Å². The summed E-state index contributed by atoms with van der Waals surface area (Å²) in [5, 5.41) is 0.615. The van der Waals surface area contributed by atoms with Gasteiger partial charge in [-0.25, -0.2) is 18.2 Å². The van der Waals surface area contributed by atoms with Gasteiger partial charge in [-0.3, -0.25) is 9.69 Å². The van der Waals surface area contributed by atoms with Crippen molar-refractivity contribution in [1.82, 2.24) is 19.1 Å². The summed E-state index contributed by atoms with van der Waals surface area (Å²) < 4.78 is 33.9. The summed E-state index contributed by atoms with van der Waals surface area (Å²) in [4.78, 5) is 35.9. The normalized spacial score (nSPS) is 14.2. The second-order valence-corrected chi connectivity index (χ2v) is 12.0. The fourth-order valence-electron chi connectivity index (χ4n) is 4.44. The number of sulfonamides is 1. The van der Waals surface area contributed by atoms with E-state index < -0.39 is 16.1 Å². The summed E-state index contributed by atoms with van der Waals surface area (Å²) in [5.41, 5.74) is 1.22. The molecular weight excluding hydrogens is 574 g/mol. The third-order valence-electron chi connectivity index (χ3n) is 6.80. The smallest absolute Gasteiger partial charge is 0.409 e. The number of benzene rings is 2. The van der Waals surface area contributed by atoms with E-state index in [-0.39, 0.29) is 56.0 Å². The van der Waals surface area contributed by atoms with Crippen molar-refractivity contribution in [3.63, 3.8) is 0 Å². The van der Waals surface area contributed by atoms with Crippen LogP contribution in [0.3, 0.4) is 0 Å². The van der Waals surface area contributed by atoms with E-state index in [4.69, 9.17) is 9.72 Å². The molecule has 1 saturated heterocycles. The first-order chi connectivity index (χ1) is 18.8. The van der Waals surface area contributed by atoms with Crippen molar-refractivity contribution in [3.05, 3.63) is 54.1 Å². The highest BCUT2D eigenvalue weighted by molar-refractivity contribution is 7.89. The molecule has 0 atom stereocenters. The van der Waals surface area contributed by atoms with Crippen LogP contribution in [-0.4, -0.2) is 98.5 Å². The Morgan fingerprint density at radius 1 is 0.950 bits per heavy atom. The van der Waals surface area contributed by atoms with Gasteiger partial charge < -0.3 is 14.5 Å². The number of fused-ring (bicyclic) bond motifs is 1. The van der Waals surface area contributed by atoms with Crippen molar-refractivity contribution in [2.45, 2.75) is 25.7 Å². The summed E-state index contributed by atoms with van der Waals surface area (Å²) in [6, 6.07) is 13.8. The Morgan fingerprint density at radius 2 is 1.60 bits per heavy atom. The predicted octanol–water partition coefficient (Wildman–Crippen LogP) is 4.17. The molecule has 1 aliphatic heterocycles. The van der Waals surface area contributed by atoms with Crippen LogP contribution < -0.4 is 4.90 Å². The number of hydrogen-bond acceptors (Lipinski definition) is 8. The highest BCUT2D eigenvalue weighted by atomic mass is 35.5. The number of carbonyl (C=O) groups excluding carboxylic acids is 2. The van der Waals surface area contributed by atoms with Crippen LogP contribution in [0.1, 0.15) is 31.1 Å². The molecule has 4 rings (SSSR count). The average Bonchev–Trinajstić information content (AvgIpc) is 3.39. The van der Waals surface area contributed by atoms with Gasteiger partial charge in [-0.15, -0.1) is 12.4 Å². The third-order valence-corrected chi connectivity index (χ3v) is 9.77. The van der Waals surface area contributed by atoms with E-state index in [0.29, 0.717) is 23.8 Å². The number of ether oxygens (including phenoxy) is 1. The number of thiazole rings is 1. The van der Waals surface area contributed by atoms with Crippen LogP contribution in [0.5, 0.6) is 0 Å². The van der Waals surface area contributed by atoms with Crippen LogP contribution in [0.4, 0.5) is 9.93 Å². The Bertz CT molecular complexity index is 1350. The molecule has 13 heteroatoms. The second kappa shape index (κ2) is 14.2. The average molecular weight is 610 g/mol. The lowest BCUT2D eigenvalue weighted by Crippen LogP contribution is -2.50. The molecule has 0 spiro atoms. The molecule has 1 aromatic heterocycles. The number of hydrogen-bond donors (Lipinski definition) is 0. The maximum atomic E-state index is 13.7. The Labute approximate surface area is 246 Å². The van der Waals surface area contributed by atoms with Gasteiger partial charge in [-0.1, -0.05) is 37.3 Å². The van der Waals surface area contributed by atoms with Crippen molar-refractivity contribution in [3.8, 4) is 0 Å². The summed E-state index contributed by atoms with van der Waals surface area (Å²) >= 11 is 1.46. The number of likely N-dealkylation sites (N-methyl/N-ethyl adjacent to an activating group) is 1. The quantitative estimate of drug-likeness (QED) is 0.340. The summed E-state index contributed by atoms with van der Waals surface area (Å²) in [6.45, 7) is 9.97. The van der Waals surface area contributed by atoms with Gasteiger partial charge in [0, 0.05) is 44.8 Å². The molecule has 0 bridgehead atoms. The zero-order valence-corrected chi connectivity index (χ0v) is 25.4. The van der Waals surface area contributed by atoms with Crippen molar-refractivity contribution in [1.29, 1.82) is 0 Å². The molecule has 40 heavy (non-hydrogen) atoms. The van der Waals surface area contributed by atoms with Crippen molar-refractivity contribution in [2.75, 3.05) is 63.9 Å². The lowest BCUT2D eigenvalue weighted by atomic mass is 10.2. The van der Waals surface area contributed by atoms with Gasteiger partial charge in [0.25, 0.3) is 5.91 Å². The summed E-state index contributed by atoms with van der Waals surface area (Å²) in [5.74, 6) is -0.229. The topological polar surface area (TPSA) is 103 Å². The monoisotopic (exact) mass is 609 g/mol. The number of para-hydroxylation sites is 1. The fraction of sp³-hybridized carbons (Fsp3) is 0.444. The Morgan fingerprint density at radius 3 is 2.20 bits per heavy atom. The number of amides is 2. The van der Waals surface area contributed by atoms with Crippen LogP contribution in [0.2, 0.25) is 0 Å². The van der Waals surface area contributed by atoms with Gasteiger partial charge in [0.2, 0.25) is 10.0 Å². The molecule has 0 radical (unpaired) electrons. The molecule has 0 saturated carbocycles. The summed E-state index contributed by atoms with van der Waals surface area (Å²) in [6.07, 6.45) is -0.434. The molecule has 2 heterocycles. The molecule has 0 unspecified atom stereocenters. The lowest BCUT2D eigenvalue weighted by Gasteiger charge is -2.33. The maximum Gasteiger partial charge on any atom is 0.409 e. The first-order valence-corrected chi connectivity index (χ1v) is 15.5. The lowest BCUT2D eigenvalue weighted by molar-refractivity contribution is 0.0933. The van der Waals surface area contributed by atoms with Crippen molar-refractivity contribution >= 4 is 61.1 Å². The predicted molar refractivity (Wildman–Crippen MR) is 160 cm³/mol. The van der Waals surface area contributed by atoms with E-state index >= 15 is 0 Å². The first-order valence-electron chi connectivity index (χ1n) is 13.2. The van der Waals surface area contributed by atoms with Crippen LogP contribution in [0.25, 0.3) is 10.2 Å². The molecular formula is C27H36ClN5O5S2. The molecule has 3 aromatic rings. The molecule has 218 valence electrons. The third kappa shape index (κ3) is 7.10. The zero-order chi connectivity index (χ0) is 28.0. The number of carbonyl (C=O) groups is 2. The van der Waals surface area contributed by atoms with E-state index in [1.165, 1.54) is 32.7 Å². The van der Waals surface area contributed by atoms with Crippen molar-refractivity contribution in [2.24, 2.45) is 0 Å². The molecule has 2 aromatic carbocycles. The minimum atomic E-state index is -3.77. The number of halogens is 1. The number of nitrogens with zero attached hydrogens (tertiary/aromatic N) is 5. The minimum absolute atomic E-state index is 0. The molecule has 0 N–H and O–H groups in total. The van der Waals surface area contributed by atoms with Gasteiger partial charge in [0.05, 0.1) is 21.7 Å². The van der Waals surface area contributed by atoms with E-state index in [1.807, 2.05) is 24.3 Å². The van der Waals surface area contributed by atoms with Gasteiger partial charge in [-0.2, -0.15) is 4.31 Å². The molecule has 0 aliphatic carbocycles. The largest absolute Gasteiger partial charge is 0.450 e. The maximum absolute atomic E-state index is 13.7. The molecule has 1 fully saturated rings. The Balaban J connectivity index is 0.00000441. The zero-order valence-electron chi connectivity index (χ0n) is 23.0. The number of anilines is 1. The number of aromatic nitrogens is 1. The Hall–Kier alpha value is -2.77. The van der Waals surface area contributed by atoms with Gasteiger partial charge in [0.15, 0.2) is 5.13 Å². The minimum Gasteiger partial charge on any atom is -0.450 e. The fourth-order valence-corrected chi connectivity index (χ4v) is 6.85. The Kier molecular flexibility index (Phi) is 11.3. The second-order valence-electron chi connectivity index (χ2n) is 9.06. The van der Waals surface area contributed by atoms with Gasteiger partial charge in [-0.05, 0) is 56.4 Å². The highest BCUT2D eigenvalue weighted by Crippen LogP contribution is 2.30. The number of piperazine rings is 1. The SMILES string of the molecule is CCOC(=O)N1CCN(S(=O)(=O)c2ccc(C(=O)N(CCN(CC)CC)c3nc4ccccc4s3)cc2)CC1.Cl. The highest BCUT2D eigenvalue weighted by Gasteiger charge is 2.31. The van der Waals surface area contributed by atoms with Crippen molar-refractivity contribution < 1.29 is 22.7 Å². The summed E-state index contributed by atoms with van der Waals surface area (Å²) in [7, 11) is -3.77. The van der Waals surface area contributed by atoms with Crippen LogP contribution in [0.15, 0.2) is 53.4 Å². The van der Waals surface area contributed by atoms with Crippen LogP contribution in [-0.2, 0) is 14.8 Å². The van der Waals surface area contributed by atoms with Gasteiger partial charge in [0.1, 0.15) is 0 Å². The molecule has 1 aliphatic rings. The first kappa shape index (κ1) is 31.8. The van der Waals surface area contributed by atoms with Gasteiger partial charge >= 0.3 is 6.09 Å². The van der Waals surface area contributed by atoms with E-state index in [0.717, 1.165) is 23.3 Å². The van der Waals surface area contributed by atoms with Crippen LogP contribution >= 0.6 is 23.7 Å². The molecule has 2 amide bonds. The number of rotatable bonds is 10. The molecule has 10 nitrogen and oxygen atoms in total. The van der Waals surface area contributed by atoms with E-state index in [9.17, 15) is 18.0 Å². The standard InChI is InChI=1S/C27H35N5O5S2.ClH/c1-4-29(5-2)15-20-32(26-28-23-9-7-8-10-24(23)38-26)25(33)21-11-13-22(14-12-21)39(35,36)31-18-16-30(17-19-31)27(34)37-6-3;/h7-14H,4-6,15-20H2,1-3H3;1H. The van der Waals surface area contributed by atoms with E-state index in [1.54, 1.807) is 24.0 Å². The van der Waals surface area contributed by atoms with E-state index in [2.05, 4.69) is 18.7 Å².